The molecule has 3 atom stereocenters. The zero-order chi connectivity index (χ0) is 42.9. The number of carboxylic acids is 2. The van der Waals surface area contributed by atoms with Crippen molar-refractivity contribution in [3.05, 3.63) is 35.4 Å². The molecular weight excluding hydrogens is 810 g/mol. The van der Waals surface area contributed by atoms with Crippen molar-refractivity contribution in [2.75, 3.05) is 50.9 Å². The van der Waals surface area contributed by atoms with E-state index in [4.69, 9.17) is 39.0 Å². The maximum absolute atomic E-state index is 17.0. The molecule has 1 aromatic carbocycles. The van der Waals surface area contributed by atoms with Crippen LogP contribution in [0.4, 0.5) is 45.7 Å². The Balaban J connectivity index is 0.000000361. The van der Waals surface area contributed by atoms with Crippen molar-refractivity contribution in [3.8, 4) is 17.3 Å². The van der Waals surface area contributed by atoms with Gasteiger partial charge in [-0.05, 0) is 56.3 Å². The van der Waals surface area contributed by atoms with Gasteiger partial charge in [0.1, 0.15) is 29.8 Å². The molecule has 5 aliphatic rings. The summed E-state index contributed by atoms with van der Waals surface area (Å²) in [5.74, 6) is -5.56. The van der Waals surface area contributed by atoms with E-state index in [-0.39, 0.29) is 43.0 Å². The Hall–Kier alpha value is -5.61. The lowest BCUT2D eigenvalue weighted by atomic mass is 9.93. The molecule has 3 fully saturated rings. The highest BCUT2D eigenvalue weighted by Crippen LogP contribution is 2.42. The van der Waals surface area contributed by atoms with Crippen molar-refractivity contribution in [2.45, 2.75) is 69.5 Å². The van der Waals surface area contributed by atoms with Crippen LogP contribution in [-0.4, -0.2) is 128 Å². The minimum atomic E-state index is -5.08. The fourth-order valence-corrected chi connectivity index (χ4v) is 7.87. The van der Waals surface area contributed by atoms with Crippen LogP contribution >= 0.6 is 0 Å². The van der Waals surface area contributed by atoms with E-state index in [1.807, 2.05) is 13.0 Å². The highest BCUT2D eigenvalue weighted by atomic mass is 19.4. The monoisotopic (exact) mass is 847 g/mol. The molecule has 15 nitrogen and oxygen atoms in total. The molecule has 0 saturated carbocycles. The number of aromatic amines is 1. The van der Waals surface area contributed by atoms with Gasteiger partial charge in [0.05, 0.1) is 35.9 Å². The van der Waals surface area contributed by atoms with Gasteiger partial charge in [-0.15, -0.1) is 0 Å². The number of nitrogens with zero attached hydrogens (tertiary/aromatic N) is 6. The first-order chi connectivity index (χ1) is 27.8. The van der Waals surface area contributed by atoms with E-state index in [2.05, 4.69) is 30.0 Å². The number of carbonyl (C=O) groups is 3. The number of piperidine rings is 1. The summed E-state index contributed by atoms with van der Waals surface area (Å²) < 4.78 is 112. The summed E-state index contributed by atoms with van der Waals surface area (Å²) in [6.07, 6.45) is -4.26. The van der Waals surface area contributed by atoms with Gasteiger partial charge in [0.2, 0.25) is 0 Å². The highest BCUT2D eigenvalue weighted by molar-refractivity contribution is 5.99. The Labute approximate surface area is 328 Å². The molecule has 3 aromatic heterocycles. The number of pyridine rings is 1. The van der Waals surface area contributed by atoms with E-state index in [1.54, 1.807) is 12.4 Å². The van der Waals surface area contributed by atoms with Crippen molar-refractivity contribution < 1.29 is 73.9 Å². The molecular formula is C36H37F8N7O8. The number of carbonyl (C=O) groups excluding carboxylic acids is 1. The molecule has 3 N–H and O–H groups in total. The first-order valence-electron chi connectivity index (χ1n) is 18.3. The minimum Gasteiger partial charge on any atom is -0.475 e. The Morgan fingerprint density at radius 3 is 2.42 bits per heavy atom. The van der Waals surface area contributed by atoms with Crippen LogP contribution in [0.5, 0.6) is 6.01 Å². The summed E-state index contributed by atoms with van der Waals surface area (Å²) >= 11 is 0. The molecule has 0 radical (unpaired) electrons. The van der Waals surface area contributed by atoms with E-state index in [1.165, 1.54) is 0 Å². The van der Waals surface area contributed by atoms with E-state index in [0.29, 0.717) is 54.6 Å². The maximum Gasteiger partial charge on any atom is 0.508 e. The fourth-order valence-electron chi connectivity index (χ4n) is 7.87. The van der Waals surface area contributed by atoms with Gasteiger partial charge in [-0.1, -0.05) is 0 Å². The van der Waals surface area contributed by atoms with Gasteiger partial charge in [0, 0.05) is 55.5 Å². The van der Waals surface area contributed by atoms with Crippen LogP contribution in [0.25, 0.3) is 33.1 Å². The van der Waals surface area contributed by atoms with E-state index in [0.717, 1.165) is 48.9 Å². The molecule has 0 aliphatic carbocycles. The molecule has 0 unspecified atom stereocenters. The number of hydrogen-bond donors (Lipinski definition) is 3. The lowest BCUT2D eigenvalue weighted by Gasteiger charge is -2.34. The summed E-state index contributed by atoms with van der Waals surface area (Å²) in [5.41, 5.74) is 2.77. The molecule has 23 heteroatoms. The molecule has 4 aromatic rings. The van der Waals surface area contributed by atoms with Crippen LogP contribution < -0.4 is 9.64 Å². The van der Waals surface area contributed by atoms with Crippen molar-refractivity contribution in [3.63, 3.8) is 0 Å². The second-order valence-corrected chi connectivity index (χ2v) is 14.5. The van der Waals surface area contributed by atoms with Crippen LogP contribution in [0.15, 0.2) is 18.5 Å². The maximum atomic E-state index is 17.0. The summed E-state index contributed by atoms with van der Waals surface area (Å²) in [4.78, 5) is 48.7. The molecule has 59 heavy (non-hydrogen) atoms. The number of nitrogens with one attached hydrogen (secondary N) is 1. The number of benzene rings is 1. The number of anilines is 1. The van der Waals surface area contributed by atoms with Gasteiger partial charge in [0.25, 0.3) is 0 Å². The molecule has 8 heterocycles. The lowest BCUT2D eigenvalue weighted by molar-refractivity contribution is -0.193. The predicted octanol–water partition coefficient (Wildman–Crippen LogP) is 6.16. The third kappa shape index (κ3) is 9.49. The second-order valence-electron chi connectivity index (χ2n) is 14.5. The number of halogens is 8. The SMILES string of the molecule is Cc1cc2[nH]ncc2c2c1CCOC(=O)OC[C@@H]1CCCN(C1)c1nc(OC[C@@]34CCCN3C[C@H](F)C4)nc3c(F)c-2ncc13.O=C(O)C(F)(F)F.O=C(O)C(F)(F)F. The average Bonchev–Trinajstić information content (AvgIpc) is 3.87. The predicted molar refractivity (Wildman–Crippen MR) is 189 cm³/mol. The summed E-state index contributed by atoms with van der Waals surface area (Å²) in [6.45, 7) is 4.87. The Bertz CT molecular complexity index is 2200. The summed E-state index contributed by atoms with van der Waals surface area (Å²) in [7, 11) is 0. The normalized spacial score (nSPS) is 22.1. The standard InChI is InChI=1S/C32H35F2N7O4.2C2HF3O2/c1-18-10-24-22(13-36-39-24)25-21(18)5-9-43-31(42)44-16-19-4-2-7-40(14-19)29-23-12-35-28(25)26(34)27(23)37-30(38-29)45-17-32-6-3-8-41(32)15-20(33)11-32;2*3-2(4,5)1(6)7/h10,12-13,19-20H,2-9,11,14-17H2,1H3,(H,36,39);2*(H,6,7)/t19-,20-,32+;;/m1../s1. The molecule has 9 rings (SSSR count). The van der Waals surface area contributed by atoms with Gasteiger partial charge in [0.15, 0.2) is 5.82 Å². The number of ether oxygens (including phenoxy) is 3. The number of H-pyrrole nitrogens is 1. The Morgan fingerprint density at radius 1 is 1.02 bits per heavy atom. The third-order valence-corrected chi connectivity index (χ3v) is 10.5. The largest absolute Gasteiger partial charge is 0.508 e. The first-order valence-corrected chi connectivity index (χ1v) is 18.3. The molecule has 3 saturated heterocycles. The molecule has 5 aliphatic heterocycles. The number of carboxylic acid groups (broad SMARTS) is 2. The molecule has 6 bridgehead atoms. The van der Waals surface area contributed by atoms with Gasteiger partial charge in [-0.3, -0.25) is 15.0 Å². The van der Waals surface area contributed by atoms with E-state index in [9.17, 15) is 35.5 Å². The second kappa shape index (κ2) is 16.9. The number of hydrogen-bond acceptors (Lipinski definition) is 12. The zero-order valence-electron chi connectivity index (χ0n) is 31.1. The van der Waals surface area contributed by atoms with Crippen LogP contribution in [0.3, 0.4) is 0 Å². The first kappa shape index (κ1) is 43.0. The summed E-state index contributed by atoms with van der Waals surface area (Å²) in [6, 6.07) is 1.99. The smallest absolute Gasteiger partial charge is 0.475 e. The van der Waals surface area contributed by atoms with Crippen LogP contribution in [0, 0.1) is 18.7 Å². The van der Waals surface area contributed by atoms with Crippen LogP contribution in [0.2, 0.25) is 0 Å². The number of aryl methyl sites for hydroxylation is 1. The van der Waals surface area contributed by atoms with Gasteiger partial charge in [-0.25, -0.2) is 23.2 Å². The van der Waals surface area contributed by atoms with Gasteiger partial charge in [-0.2, -0.15) is 41.4 Å². The van der Waals surface area contributed by atoms with Crippen molar-refractivity contribution >= 4 is 45.7 Å². The van der Waals surface area contributed by atoms with Crippen molar-refractivity contribution in [2.24, 2.45) is 5.92 Å². The Kier molecular flexibility index (Phi) is 12.3. The van der Waals surface area contributed by atoms with Gasteiger partial charge >= 0.3 is 36.5 Å². The topological polar surface area (TPSA) is 193 Å². The third-order valence-electron chi connectivity index (χ3n) is 10.5. The average molecular weight is 848 g/mol. The minimum absolute atomic E-state index is 0.0360. The quantitative estimate of drug-likeness (QED) is 0.157. The number of aromatic nitrogens is 5. The Morgan fingerprint density at radius 2 is 1.73 bits per heavy atom. The number of fused-ring (bicyclic) bond motifs is 8. The molecule has 0 amide bonds. The lowest BCUT2D eigenvalue weighted by Crippen LogP contribution is -2.43. The highest BCUT2D eigenvalue weighted by Gasteiger charge is 2.49. The fraction of sp³-hybridized carbons (Fsp3) is 0.528. The molecule has 0 spiro atoms. The zero-order valence-corrected chi connectivity index (χ0v) is 31.1. The number of rotatable bonds is 3. The van der Waals surface area contributed by atoms with Crippen LogP contribution in [-0.2, 0) is 25.5 Å². The van der Waals surface area contributed by atoms with Gasteiger partial charge < -0.3 is 29.3 Å². The van der Waals surface area contributed by atoms with E-state index >= 15 is 4.39 Å². The summed E-state index contributed by atoms with van der Waals surface area (Å²) in [5, 5.41) is 22.6. The number of alkyl halides is 7. The number of aliphatic carboxylic acids is 2. The van der Waals surface area contributed by atoms with Crippen molar-refractivity contribution in [1.29, 1.82) is 0 Å². The van der Waals surface area contributed by atoms with Crippen LogP contribution in [0.1, 0.15) is 43.2 Å². The molecule has 320 valence electrons. The van der Waals surface area contributed by atoms with E-state index < -0.39 is 48.0 Å². The van der Waals surface area contributed by atoms with Crippen molar-refractivity contribution in [1.82, 2.24) is 30.0 Å².